The third-order valence-corrected chi connectivity index (χ3v) is 5.21. The van der Waals surface area contributed by atoms with Gasteiger partial charge in [0.05, 0.1) is 6.61 Å². The van der Waals surface area contributed by atoms with Gasteiger partial charge in [-0.15, -0.1) is 6.58 Å². The van der Waals surface area contributed by atoms with Crippen molar-refractivity contribution in [3.05, 3.63) is 57.8 Å². The zero-order valence-corrected chi connectivity index (χ0v) is 17.0. The maximum absolute atomic E-state index is 13.1. The van der Waals surface area contributed by atoms with Crippen molar-refractivity contribution >= 4 is 22.8 Å². The summed E-state index contributed by atoms with van der Waals surface area (Å²) in [7, 11) is 1.65. The molecule has 1 aliphatic heterocycles. The first kappa shape index (κ1) is 19.0. The van der Waals surface area contributed by atoms with Gasteiger partial charge >= 0.3 is 5.69 Å². The first-order chi connectivity index (χ1) is 14.0. The molecule has 0 amide bonds. The van der Waals surface area contributed by atoms with Gasteiger partial charge in [-0.1, -0.05) is 13.0 Å². The minimum atomic E-state index is -0.390. The lowest BCUT2D eigenvalue weighted by atomic mass is 10.1. The van der Waals surface area contributed by atoms with E-state index in [2.05, 4.69) is 18.4 Å². The Morgan fingerprint density at radius 2 is 1.97 bits per heavy atom. The standard InChI is InChI=1S/C21H25N5O3/c1-5-11-24-19(27)17-18(23(4)21(24)28)22-20-25(12-14(3)13-26(17)20)15-7-9-16(10-8-15)29-6-2/h5,7-10,14H,1,6,11-13H2,2-4H3. The summed E-state index contributed by atoms with van der Waals surface area (Å²) in [6.45, 7) is 9.96. The Kier molecular flexibility index (Phi) is 4.77. The molecule has 0 bridgehead atoms. The van der Waals surface area contributed by atoms with Crippen LogP contribution in [0.3, 0.4) is 0 Å². The Morgan fingerprint density at radius 1 is 1.24 bits per heavy atom. The van der Waals surface area contributed by atoms with E-state index >= 15 is 0 Å². The van der Waals surface area contributed by atoms with Crippen molar-refractivity contribution in [3.63, 3.8) is 0 Å². The SMILES string of the molecule is C=CCn1c(=O)c2c(nc3n2CC(C)CN3c2ccc(OCC)cc2)n(C)c1=O. The molecule has 3 aromatic rings. The van der Waals surface area contributed by atoms with Gasteiger partial charge in [-0.3, -0.25) is 13.9 Å². The number of allylic oxidation sites excluding steroid dienone is 1. The van der Waals surface area contributed by atoms with Crippen LogP contribution < -0.4 is 20.9 Å². The lowest BCUT2D eigenvalue weighted by Gasteiger charge is -2.33. The number of hydrogen-bond acceptors (Lipinski definition) is 5. The summed E-state index contributed by atoms with van der Waals surface area (Å²) in [5.41, 5.74) is 1.10. The number of nitrogens with zero attached hydrogens (tertiary/aromatic N) is 5. The Morgan fingerprint density at radius 3 is 2.62 bits per heavy atom. The van der Waals surface area contributed by atoms with Crippen LogP contribution in [0.1, 0.15) is 13.8 Å². The van der Waals surface area contributed by atoms with Crippen LogP contribution in [0.25, 0.3) is 11.2 Å². The van der Waals surface area contributed by atoms with E-state index in [1.165, 1.54) is 9.13 Å². The molecule has 29 heavy (non-hydrogen) atoms. The van der Waals surface area contributed by atoms with Crippen LogP contribution in [0.15, 0.2) is 46.5 Å². The van der Waals surface area contributed by atoms with Gasteiger partial charge in [-0.2, -0.15) is 4.98 Å². The number of anilines is 2. The molecule has 8 nitrogen and oxygen atoms in total. The van der Waals surface area contributed by atoms with E-state index in [-0.39, 0.29) is 12.1 Å². The van der Waals surface area contributed by atoms with Gasteiger partial charge in [0.15, 0.2) is 11.2 Å². The number of benzene rings is 1. The molecule has 8 heteroatoms. The highest BCUT2D eigenvalue weighted by molar-refractivity contribution is 5.77. The Balaban J connectivity index is 1.92. The van der Waals surface area contributed by atoms with Crippen molar-refractivity contribution in [2.24, 2.45) is 13.0 Å². The molecule has 0 N–H and O–H groups in total. The van der Waals surface area contributed by atoms with Crippen molar-refractivity contribution in [3.8, 4) is 5.75 Å². The highest BCUT2D eigenvalue weighted by Crippen LogP contribution is 2.33. The number of fused-ring (bicyclic) bond motifs is 3. The van der Waals surface area contributed by atoms with E-state index in [0.717, 1.165) is 18.0 Å². The highest BCUT2D eigenvalue weighted by Gasteiger charge is 2.29. The summed E-state index contributed by atoms with van der Waals surface area (Å²) < 4.78 is 10.1. The minimum absolute atomic E-state index is 0.167. The van der Waals surface area contributed by atoms with Gasteiger partial charge in [0.1, 0.15) is 5.75 Å². The monoisotopic (exact) mass is 395 g/mol. The number of ether oxygens (including phenoxy) is 1. The smallest absolute Gasteiger partial charge is 0.332 e. The van der Waals surface area contributed by atoms with E-state index in [4.69, 9.17) is 9.72 Å². The summed E-state index contributed by atoms with van der Waals surface area (Å²) in [6, 6.07) is 7.83. The zero-order chi connectivity index (χ0) is 20.7. The fourth-order valence-corrected chi connectivity index (χ4v) is 3.90. The molecule has 4 rings (SSSR count). The van der Waals surface area contributed by atoms with Gasteiger partial charge in [0.2, 0.25) is 5.95 Å². The Labute approximate surface area is 168 Å². The van der Waals surface area contributed by atoms with Crippen LogP contribution in [0.4, 0.5) is 11.6 Å². The fraction of sp³-hybridized carbons (Fsp3) is 0.381. The Hall–Kier alpha value is -3.29. The second-order valence-corrected chi connectivity index (χ2v) is 7.38. The molecule has 0 spiro atoms. The van der Waals surface area contributed by atoms with E-state index < -0.39 is 5.69 Å². The largest absolute Gasteiger partial charge is 0.494 e. The molecule has 1 aromatic carbocycles. The first-order valence-electron chi connectivity index (χ1n) is 9.77. The van der Waals surface area contributed by atoms with Gasteiger partial charge in [-0.05, 0) is 37.1 Å². The first-order valence-corrected chi connectivity index (χ1v) is 9.77. The second kappa shape index (κ2) is 7.27. The second-order valence-electron chi connectivity index (χ2n) is 7.38. The van der Waals surface area contributed by atoms with Crippen molar-refractivity contribution in [2.75, 3.05) is 18.1 Å². The molecule has 0 fully saturated rings. The molecule has 2 aromatic heterocycles. The van der Waals surface area contributed by atoms with Crippen molar-refractivity contribution in [1.29, 1.82) is 0 Å². The third-order valence-electron chi connectivity index (χ3n) is 5.21. The number of imidazole rings is 1. The normalized spacial score (nSPS) is 16.1. The molecule has 0 radical (unpaired) electrons. The van der Waals surface area contributed by atoms with Crippen LogP contribution in [-0.2, 0) is 20.1 Å². The maximum Gasteiger partial charge on any atom is 0.332 e. The highest BCUT2D eigenvalue weighted by atomic mass is 16.5. The molecular weight excluding hydrogens is 370 g/mol. The molecular formula is C21H25N5O3. The van der Waals surface area contributed by atoms with Gasteiger partial charge in [0, 0.05) is 32.4 Å². The van der Waals surface area contributed by atoms with Crippen LogP contribution in [-0.4, -0.2) is 31.8 Å². The van der Waals surface area contributed by atoms with E-state index in [1.54, 1.807) is 13.1 Å². The lowest BCUT2D eigenvalue weighted by Crippen LogP contribution is -2.40. The summed E-state index contributed by atoms with van der Waals surface area (Å²) in [5, 5.41) is 0. The number of aromatic nitrogens is 4. The van der Waals surface area contributed by atoms with Crippen molar-refractivity contribution < 1.29 is 4.74 Å². The molecule has 1 atom stereocenters. The van der Waals surface area contributed by atoms with E-state index in [9.17, 15) is 9.59 Å². The van der Waals surface area contributed by atoms with Crippen LogP contribution >= 0.6 is 0 Å². The third kappa shape index (κ3) is 3.04. The van der Waals surface area contributed by atoms with E-state index in [0.29, 0.717) is 36.2 Å². The fourth-order valence-electron chi connectivity index (χ4n) is 3.90. The summed E-state index contributed by atoms with van der Waals surface area (Å²) >= 11 is 0. The maximum atomic E-state index is 13.1. The predicted molar refractivity (Wildman–Crippen MR) is 113 cm³/mol. The average Bonchev–Trinajstić information content (AvgIpc) is 3.09. The molecule has 0 aliphatic carbocycles. The van der Waals surface area contributed by atoms with Crippen LogP contribution in [0.5, 0.6) is 5.75 Å². The molecule has 3 heterocycles. The molecule has 1 unspecified atom stereocenters. The number of rotatable bonds is 5. The Bertz CT molecular complexity index is 1190. The molecule has 152 valence electrons. The summed E-state index contributed by atoms with van der Waals surface area (Å²) in [4.78, 5) is 32.5. The minimum Gasteiger partial charge on any atom is -0.494 e. The predicted octanol–water partition coefficient (Wildman–Crippen LogP) is 2.27. The van der Waals surface area contributed by atoms with Gasteiger partial charge < -0.3 is 14.2 Å². The number of hydrogen-bond donors (Lipinski definition) is 0. The summed E-state index contributed by atoms with van der Waals surface area (Å²) in [5.74, 6) is 1.78. The number of aryl methyl sites for hydroxylation is 1. The van der Waals surface area contributed by atoms with Crippen molar-refractivity contribution in [1.82, 2.24) is 18.7 Å². The quantitative estimate of drug-likeness (QED) is 0.620. The van der Waals surface area contributed by atoms with Crippen molar-refractivity contribution in [2.45, 2.75) is 26.9 Å². The molecule has 1 aliphatic rings. The van der Waals surface area contributed by atoms with Gasteiger partial charge in [-0.25, -0.2) is 4.79 Å². The molecule has 0 saturated carbocycles. The zero-order valence-electron chi connectivity index (χ0n) is 17.0. The van der Waals surface area contributed by atoms with Gasteiger partial charge in [0.25, 0.3) is 5.56 Å². The average molecular weight is 395 g/mol. The van der Waals surface area contributed by atoms with Crippen LogP contribution in [0, 0.1) is 5.92 Å². The van der Waals surface area contributed by atoms with E-state index in [1.807, 2.05) is 35.8 Å². The van der Waals surface area contributed by atoms with Crippen LogP contribution in [0.2, 0.25) is 0 Å². The summed E-state index contributed by atoms with van der Waals surface area (Å²) in [6.07, 6.45) is 1.55. The molecule has 0 saturated heterocycles. The lowest BCUT2D eigenvalue weighted by molar-refractivity contribution is 0.340. The topological polar surface area (TPSA) is 74.3 Å².